The molecule has 0 aliphatic carbocycles. The van der Waals surface area contributed by atoms with Gasteiger partial charge in [-0.1, -0.05) is 13.0 Å². The average Bonchev–Trinajstić information content (AvgIpc) is 2.47. The van der Waals surface area contributed by atoms with Crippen LogP contribution < -0.4 is 5.73 Å². The van der Waals surface area contributed by atoms with E-state index in [9.17, 15) is 8.42 Å². The molecule has 1 saturated heterocycles. The first-order valence-electron chi connectivity index (χ1n) is 6.84. The van der Waals surface area contributed by atoms with Crippen LogP contribution in [0.15, 0.2) is 23.4 Å². The zero-order valence-electron chi connectivity index (χ0n) is 12.0. The summed E-state index contributed by atoms with van der Waals surface area (Å²) < 4.78 is 26.7. The number of pyridine rings is 1. The van der Waals surface area contributed by atoms with Crippen molar-refractivity contribution < 1.29 is 8.42 Å². The molecule has 1 aliphatic rings. The van der Waals surface area contributed by atoms with E-state index in [0.29, 0.717) is 19.6 Å². The van der Waals surface area contributed by atoms with Gasteiger partial charge in [0.1, 0.15) is 0 Å². The van der Waals surface area contributed by atoms with Crippen molar-refractivity contribution >= 4 is 10.0 Å². The third-order valence-electron chi connectivity index (χ3n) is 3.85. The molecule has 1 fully saturated rings. The van der Waals surface area contributed by atoms with Crippen LogP contribution >= 0.6 is 0 Å². The molecule has 1 aromatic rings. The normalized spacial score (nSPS) is 22.1. The number of sulfonamides is 1. The lowest BCUT2D eigenvalue weighted by Crippen LogP contribution is -2.52. The summed E-state index contributed by atoms with van der Waals surface area (Å²) in [5.41, 5.74) is 6.33. The third kappa shape index (κ3) is 3.01. The topological polar surface area (TPSA) is 79.5 Å². The van der Waals surface area contributed by atoms with Crippen LogP contribution in [0.2, 0.25) is 0 Å². The van der Waals surface area contributed by atoms with Gasteiger partial charge in [-0.05, 0) is 25.1 Å². The summed E-state index contributed by atoms with van der Waals surface area (Å²) in [5, 5.41) is 0.106. The van der Waals surface area contributed by atoms with Crippen LogP contribution in [0.5, 0.6) is 0 Å². The van der Waals surface area contributed by atoms with Crippen molar-refractivity contribution in [2.45, 2.75) is 31.0 Å². The van der Waals surface area contributed by atoms with Gasteiger partial charge in [0.15, 0.2) is 5.03 Å². The molecule has 1 unspecified atom stereocenters. The number of rotatable bonds is 4. The van der Waals surface area contributed by atoms with Crippen LogP contribution in [0.25, 0.3) is 0 Å². The number of hydrogen-bond donors (Lipinski definition) is 1. The number of likely N-dealkylation sites (N-methyl/N-ethyl adjacent to an activating group) is 1. The van der Waals surface area contributed by atoms with Gasteiger partial charge in [0.2, 0.25) is 0 Å². The number of aromatic nitrogens is 1. The molecule has 0 spiro atoms. The fourth-order valence-corrected chi connectivity index (χ4v) is 3.77. The zero-order chi connectivity index (χ0) is 14.8. The highest BCUT2D eigenvalue weighted by Gasteiger charge is 2.32. The molecule has 7 heteroatoms. The Labute approximate surface area is 120 Å². The van der Waals surface area contributed by atoms with Crippen LogP contribution in [0.3, 0.4) is 0 Å². The van der Waals surface area contributed by atoms with E-state index < -0.39 is 10.0 Å². The van der Waals surface area contributed by atoms with E-state index in [1.165, 1.54) is 16.6 Å². The van der Waals surface area contributed by atoms with E-state index in [1.807, 2.05) is 7.05 Å². The molecule has 0 aromatic carbocycles. The Balaban J connectivity index is 2.21. The lowest BCUT2D eigenvalue weighted by Gasteiger charge is -2.38. The first kappa shape index (κ1) is 15.4. The highest BCUT2D eigenvalue weighted by atomic mass is 32.2. The Morgan fingerprint density at radius 1 is 1.40 bits per heavy atom. The lowest BCUT2D eigenvalue weighted by molar-refractivity contribution is 0.144. The number of hydrogen-bond acceptors (Lipinski definition) is 5. The summed E-state index contributed by atoms with van der Waals surface area (Å²) in [6.07, 6.45) is 2.46. The molecular formula is C13H22N4O2S. The molecule has 6 nitrogen and oxygen atoms in total. The molecule has 1 atom stereocenters. The fraction of sp³-hybridized carbons (Fsp3) is 0.615. The van der Waals surface area contributed by atoms with Crippen molar-refractivity contribution in [1.82, 2.24) is 14.2 Å². The minimum atomic E-state index is -3.50. The van der Waals surface area contributed by atoms with Gasteiger partial charge in [-0.3, -0.25) is 0 Å². The van der Waals surface area contributed by atoms with Crippen molar-refractivity contribution in [3.8, 4) is 0 Å². The number of nitrogens with two attached hydrogens (primary N) is 1. The summed E-state index contributed by atoms with van der Waals surface area (Å²) in [6, 6.07) is 3.52. The maximum atomic E-state index is 12.6. The second-order valence-electron chi connectivity index (χ2n) is 5.11. The minimum Gasteiger partial charge on any atom is -0.326 e. The van der Waals surface area contributed by atoms with E-state index in [4.69, 9.17) is 5.73 Å². The molecule has 2 N–H and O–H groups in total. The number of piperazine rings is 1. The highest BCUT2D eigenvalue weighted by molar-refractivity contribution is 7.89. The Bertz CT molecular complexity index is 544. The predicted octanol–water partition coefficient (Wildman–Crippen LogP) is 0.255. The van der Waals surface area contributed by atoms with Crippen molar-refractivity contribution in [2.24, 2.45) is 5.73 Å². The van der Waals surface area contributed by atoms with Crippen LogP contribution in [0, 0.1) is 0 Å². The van der Waals surface area contributed by atoms with E-state index in [-0.39, 0.29) is 11.1 Å². The Hall–Kier alpha value is -1.02. The maximum Gasteiger partial charge on any atom is 0.260 e. The van der Waals surface area contributed by atoms with Gasteiger partial charge in [0, 0.05) is 38.4 Å². The SMILES string of the molecule is CCC1CN(S(=O)(=O)c2ccc(CN)cn2)CCN1C. The van der Waals surface area contributed by atoms with Gasteiger partial charge in [-0.25, -0.2) is 13.4 Å². The molecule has 2 rings (SSSR count). The Kier molecular flexibility index (Phi) is 4.74. The smallest absolute Gasteiger partial charge is 0.260 e. The summed E-state index contributed by atoms with van der Waals surface area (Å²) in [7, 11) is -1.46. The van der Waals surface area contributed by atoms with E-state index >= 15 is 0 Å². The standard InChI is InChI=1S/C13H22N4O2S/c1-3-12-10-17(7-6-16(12)2)20(18,19)13-5-4-11(8-14)9-15-13/h4-5,9,12H,3,6-8,10,14H2,1-2H3. The van der Waals surface area contributed by atoms with Gasteiger partial charge in [-0.2, -0.15) is 4.31 Å². The quantitative estimate of drug-likeness (QED) is 0.862. The summed E-state index contributed by atoms with van der Waals surface area (Å²) in [5.74, 6) is 0. The lowest BCUT2D eigenvalue weighted by atomic mass is 10.1. The highest BCUT2D eigenvalue weighted by Crippen LogP contribution is 2.19. The zero-order valence-corrected chi connectivity index (χ0v) is 12.8. The van der Waals surface area contributed by atoms with Gasteiger partial charge in [0.25, 0.3) is 10.0 Å². The molecule has 0 saturated carbocycles. The van der Waals surface area contributed by atoms with Crippen molar-refractivity contribution in [2.75, 3.05) is 26.7 Å². The Morgan fingerprint density at radius 3 is 2.70 bits per heavy atom. The molecule has 0 radical (unpaired) electrons. The van der Waals surface area contributed by atoms with Gasteiger partial charge < -0.3 is 10.6 Å². The van der Waals surface area contributed by atoms with Crippen molar-refractivity contribution in [3.63, 3.8) is 0 Å². The van der Waals surface area contributed by atoms with Gasteiger partial charge in [0.05, 0.1) is 0 Å². The van der Waals surface area contributed by atoms with Gasteiger partial charge in [-0.15, -0.1) is 0 Å². The predicted molar refractivity (Wildman–Crippen MR) is 77.6 cm³/mol. The first-order chi connectivity index (χ1) is 9.48. The fourth-order valence-electron chi connectivity index (χ4n) is 2.39. The molecule has 112 valence electrons. The van der Waals surface area contributed by atoms with Gasteiger partial charge >= 0.3 is 0 Å². The summed E-state index contributed by atoms with van der Waals surface area (Å²) in [4.78, 5) is 6.25. The molecule has 0 bridgehead atoms. The molecular weight excluding hydrogens is 276 g/mol. The largest absolute Gasteiger partial charge is 0.326 e. The molecule has 0 amide bonds. The van der Waals surface area contributed by atoms with E-state index in [1.54, 1.807) is 6.07 Å². The molecule has 1 aromatic heterocycles. The van der Waals surface area contributed by atoms with E-state index in [0.717, 1.165) is 18.5 Å². The molecule has 2 heterocycles. The van der Waals surface area contributed by atoms with Crippen LogP contribution in [-0.4, -0.2) is 55.3 Å². The monoisotopic (exact) mass is 298 g/mol. The second-order valence-corrected chi connectivity index (χ2v) is 7.00. The van der Waals surface area contributed by atoms with Crippen molar-refractivity contribution in [1.29, 1.82) is 0 Å². The van der Waals surface area contributed by atoms with Crippen LogP contribution in [0.1, 0.15) is 18.9 Å². The Morgan fingerprint density at radius 2 is 2.15 bits per heavy atom. The summed E-state index contributed by atoms with van der Waals surface area (Å²) in [6.45, 7) is 4.22. The maximum absolute atomic E-state index is 12.6. The number of nitrogens with zero attached hydrogens (tertiary/aromatic N) is 3. The molecule has 1 aliphatic heterocycles. The average molecular weight is 298 g/mol. The first-order valence-corrected chi connectivity index (χ1v) is 8.28. The minimum absolute atomic E-state index is 0.106. The van der Waals surface area contributed by atoms with E-state index in [2.05, 4.69) is 16.8 Å². The van der Waals surface area contributed by atoms with Crippen LogP contribution in [0.4, 0.5) is 0 Å². The summed E-state index contributed by atoms with van der Waals surface area (Å²) >= 11 is 0. The second kappa shape index (κ2) is 6.17. The third-order valence-corrected chi connectivity index (χ3v) is 5.63. The van der Waals surface area contributed by atoms with Crippen LogP contribution in [-0.2, 0) is 16.6 Å². The van der Waals surface area contributed by atoms with Crippen molar-refractivity contribution in [3.05, 3.63) is 23.9 Å². The molecule has 20 heavy (non-hydrogen) atoms.